The normalized spacial score (nSPS) is 13.9. The molecule has 1 fully saturated rings. The van der Waals surface area contributed by atoms with Crippen molar-refractivity contribution in [2.24, 2.45) is 5.41 Å². The Bertz CT molecular complexity index is 1280. The monoisotopic (exact) mass is 524 g/mol. The molecule has 0 spiro atoms. The van der Waals surface area contributed by atoms with E-state index in [1.165, 1.54) is 12.1 Å². The summed E-state index contributed by atoms with van der Waals surface area (Å²) in [5, 5.41) is 21.9. The summed E-state index contributed by atoms with van der Waals surface area (Å²) in [6.45, 7) is 8.67. The van der Waals surface area contributed by atoms with Crippen molar-refractivity contribution in [1.29, 1.82) is 0 Å². The molecule has 37 heavy (non-hydrogen) atoms. The lowest BCUT2D eigenvalue weighted by molar-refractivity contribution is -0.384. The van der Waals surface area contributed by atoms with Gasteiger partial charge in [0, 0.05) is 49.0 Å². The van der Waals surface area contributed by atoms with E-state index >= 15 is 0 Å². The van der Waals surface area contributed by atoms with Gasteiger partial charge in [0.25, 0.3) is 16.8 Å². The number of nitro benzene ring substituents is 1. The lowest BCUT2D eigenvalue weighted by Gasteiger charge is -2.38. The molecular formula is C25H28N6O5S. The summed E-state index contributed by atoms with van der Waals surface area (Å²) in [6.07, 6.45) is 0. The SMILES string of the molecule is CC(C)(C)C(=O)N1CCN(c2ccc(NC(=O)CSc3nnc(-c4ccccc4[N+](=O)[O-])o3)cc2)CC1. The van der Waals surface area contributed by atoms with Gasteiger partial charge in [0.05, 0.1) is 10.7 Å². The fraction of sp³-hybridized carbons (Fsp3) is 0.360. The number of carbonyl (C=O) groups excluding carboxylic acids is 2. The van der Waals surface area contributed by atoms with E-state index < -0.39 is 4.92 Å². The maximum absolute atomic E-state index is 12.5. The average Bonchev–Trinajstić information content (AvgIpc) is 3.36. The number of rotatable bonds is 7. The first-order valence-corrected chi connectivity index (χ1v) is 12.7. The molecule has 2 heterocycles. The molecule has 0 saturated carbocycles. The number of nitrogens with zero attached hydrogens (tertiary/aromatic N) is 5. The Balaban J connectivity index is 1.27. The summed E-state index contributed by atoms with van der Waals surface area (Å²) in [5.74, 6) is -0.0302. The summed E-state index contributed by atoms with van der Waals surface area (Å²) in [5.41, 5.74) is 1.39. The number of anilines is 2. The molecule has 12 heteroatoms. The standard InChI is InChI=1S/C25H28N6O5S/c1-25(2,3)23(33)30-14-12-29(13-15-30)18-10-8-17(9-11-18)26-21(32)16-37-24-28-27-22(36-24)19-6-4-5-7-20(19)31(34)35/h4-11H,12-16H2,1-3H3,(H,26,32). The number of para-hydroxylation sites is 1. The van der Waals surface area contributed by atoms with Crippen molar-refractivity contribution in [3.8, 4) is 11.5 Å². The third-order valence-electron chi connectivity index (χ3n) is 5.79. The highest BCUT2D eigenvalue weighted by molar-refractivity contribution is 7.99. The molecule has 194 valence electrons. The van der Waals surface area contributed by atoms with E-state index in [-0.39, 0.29) is 45.3 Å². The Morgan fingerprint density at radius 2 is 1.73 bits per heavy atom. The highest BCUT2D eigenvalue weighted by Gasteiger charge is 2.29. The Hall–Kier alpha value is -3.93. The fourth-order valence-corrected chi connectivity index (χ4v) is 4.48. The largest absolute Gasteiger partial charge is 0.411 e. The van der Waals surface area contributed by atoms with Crippen LogP contribution in [0.3, 0.4) is 0 Å². The summed E-state index contributed by atoms with van der Waals surface area (Å²) in [7, 11) is 0. The minimum atomic E-state index is -0.515. The van der Waals surface area contributed by atoms with Crippen molar-refractivity contribution in [3.63, 3.8) is 0 Å². The summed E-state index contributed by atoms with van der Waals surface area (Å²) < 4.78 is 5.51. The van der Waals surface area contributed by atoms with Crippen LogP contribution in [-0.2, 0) is 9.59 Å². The van der Waals surface area contributed by atoms with E-state index in [0.29, 0.717) is 18.8 Å². The number of nitro groups is 1. The van der Waals surface area contributed by atoms with Crippen molar-refractivity contribution < 1.29 is 18.9 Å². The molecule has 0 unspecified atom stereocenters. The predicted octanol–water partition coefficient (Wildman–Crippen LogP) is 4.07. The molecule has 1 aromatic heterocycles. The van der Waals surface area contributed by atoms with Crippen LogP contribution < -0.4 is 10.2 Å². The van der Waals surface area contributed by atoms with Gasteiger partial charge in [0.15, 0.2) is 0 Å². The van der Waals surface area contributed by atoms with Gasteiger partial charge in [-0.25, -0.2) is 0 Å². The van der Waals surface area contributed by atoms with Crippen LogP contribution in [0.25, 0.3) is 11.5 Å². The zero-order chi connectivity index (χ0) is 26.6. The van der Waals surface area contributed by atoms with Gasteiger partial charge < -0.3 is 19.5 Å². The van der Waals surface area contributed by atoms with Crippen LogP contribution in [0.1, 0.15) is 20.8 Å². The van der Waals surface area contributed by atoms with E-state index in [4.69, 9.17) is 4.42 Å². The third-order valence-corrected chi connectivity index (χ3v) is 6.61. The van der Waals surface area contributed by atoms with E-state index in [0.717, 1.165) is 30.5 Å². The number of amides is 2. The molecule has 0 bridgehead atoms. The Kier molecular flexibility index (Phi) is 7.77. The summed E-state index contributed by atoms with van der Waals surface area (Å²) in [6, 6.07) is 13.7. The van der Waals surface area contributed by atoms with Gasteiger partial charge in [-0.1, -0.05) is 44.7 Å². The van der Waals surface area contributed by atoms with Crippen molar-refractivity contribution in [1.82, 2.24) is 15.1 Å². The number of benzene rings is 2. The second-order valence-corrected chi connectivity index (χ2v) is 10.5. The van der Waals surface area contributed by atoms with Gasteiger partial charge in [-0.3, -0.25) is 19.7 Å². The third kappa shape index (κ3) is 6.45. The Labute approximate surface area is 218 Å². The van der Waals surface area contributed by atoms with Gasteiger partial charge in [0.2, 0.25) is 11.8 Å². The van der Waals surface area contributed by atoms with Gasteiger partial charge >= 0.3 is 0 Å². The molecule has 1 aliphatic heterocycles. The zero-order valence-electron chi connectivity index (χ0n) is 20.8. The second-order valence-electron chi connectivity index (χ2n) is 9.56. The van der Waals surface area contributed by atoms with Crippen molar-refractivity contribution >= 4 is 40.6 Å². The first kappa shape index (κ1) is 26.1. The topological polar surface area (TPSA) is 135 Å². The van der Waals surface area contributed by atoms with Gasteiger partial charge in [-0.05, 0) is 30.3 Å². The number of aromatic nitrogens is 2. The van der Waals surface area contributed by atoms with Crippen molar-refractivity contribution in [2.75, 3.05) is 42.1 Å². The minimum absolute atomic E-state index is 0.0226. The molecule has 1 saturated heterocycles. The molecule has 11 nitrogen and oxygen atoms in total. The molecule has 1 N–H and O–H groups in total. The highest BCUT2D eigenvalue weighted by atomic mass is 32.2. The molecular weight excluding hydrogens is 496 g/mol. The van der Waals surface area contributed by atoms with Crippen LogP contribution in [0.15, 0.2) is 58.2 Å². The average molecular weight is 525 g/mol. The quantitative estimate of drug-likeness (QED) is 0.276. The number of nitrogens with one attached hydrogen (secondary N) is 1. The lowest BCUT2D eigenvalue weighted by Crippen LogP contribution is -2.51. The number of thioether (sulfide) groups is 1. The first-order chi connectivity index (χ1) is 17.6. The Morgan fingerprint density at radius 3 is 2.38 bits per heavy atom. The van der Waals surface area contributed by atoms with Gasteiger partial charge in [-0.15, -0.1) is 10.2 Å². The van der Waals surface area contributed by atoms with Gasteiger partial charge in [0.1, 0.15) is 5.56 Å². The number of hydrogen-bond donors (Lipinski definition) is 1. The van der Waals surface area contributed by atoms with E-state index in [1.54, 1.807) is 12.1 Å². The van der Waals surface area contributed by atoms with Crippen molar-refractivity contribution in [2.45, 2.75) is 26.0 Å². The highest BCUT2D eigenvalue weighted by Crippen LogP contribution is 2.30. The fourth-order valence-electron chi connectivity index (χ4n) is 3.91. The van der Waals surface area contributed by atoms with Crippen LogP contribution in [-0.4, -0.2) is 63.8 Å². The van der Waals surface area contributed by atoms with Crippen LogP contribution in [0.5, 0.6) is 0 Å². The second kappa shape index (κ2) is 11.0. The van der Waals surface area contributed by atoms with Crippen LogP contribution in [0, 0.1) is 15.5 Å². The molecule has 2 aromatic carbocycles. The molecule has 0 atom stereocenters. The number of piperazine rings is 1. The number of hydrogen-bond acceptors (Lipinski definition) is 9. The van der Waals surface area contributed by atoms with Crippen LogP contribution in [0.2, 0.25) is 0 Å². The maximum Gasteiger partial charge on any atom is 0.282 e. The minimum Gasteiger partial charge on any atom is -0.411 e. The van der Waals surface area contributed by atoms with Gasteiger partial charge in [-0.2, -0.15) is 0 Å². The van der Waals surface area contributed by atoms with E-state index in [1.807, 2.05) is 49.9 Å². The van der Waals surface area contributed by atoms with Crippen LogP contribution >= 0.6 is 11.8 Å². The zero-order valence-corrected chi connectivity index (χ0v) is 21.7. The van der Waals surface area contributed by atoms with E-state index in [9.17, 15) is 19.7 Å². The first-order valence-electron chi connectivity index (χ1n) is 11.8. The lowest BCUT2D eigenvalue weighted by atomic mass is 9.94. The molecule has 4 rings (SSSR count). The molecule has 2 amide bonds. The van der Waals surface area contributed by atoms with Crippen LogP contribution in [0.4, 0.5) is 17.1 Å². The Morgan fingerprint density at radius 1 is 1.05 bits per heavy atom. The summed E-state index contributed by atoms with van der Waals surface area (Å²) in [4.78, 5) is 39.7. The summed E-state index contributed by atoms with van der Waals surface area (Å²) >= 11 is 1.04. The molecule has 0 radical (unpaired) electrons. The maximum atomic E-state index is 12.5. The molecule has 1 aliphatic rings. The smallest absolute Gasteiger partial charge is 0.282 e. The predicted molar refractivity (Wildman–Crippen MR) is 140 cm³/mol. The molecule has 0 aliphatic carbocycles. The number of carbonyl (C=O) groups is 2. The molecule has 3 aromatic rings. The van der Waals surface area contributed by atoms with Crippen molar-refractivity contribution in [3.05, 3.63) is 58.6 Å². The van der Waals surface area contributed by atoms with E-state index in [2.05, 4.69) is 20.4 Å².